The van der Waals surface area contributed by atoms with Gasteiger partial charge in [0.1, 0.15) is 6.10 Å². The molecule has 26 heavy (non-hydrogen) atoms. The quantitative estimate of drug-likeness (QED) is 0.820. The van der Waals surface area contributed by atoms with Gasteiger partial charge in [0.25, 0.3) is 0 Å². The van der Waals surface area contributed by atoms with Crippen LogP contribution < -0.4 is 10.2 Å². The van der Waals surface area contributed by atoms with E-state index >= 15 is 0 Å². The summed E-state index contributed by atoms with van der Waals surface area (Å²) in [6, 6.07) is 5.74. The predicted octanol–water partition coefficient (Wildman–Crippen LogP) is 0.508. The zero-order chi connectivity index (χ0) is 18.9. The molecule has 3 rings (SSSR count). The molecule has 2 aliphatic heterocycles. The summed E-state index contributed by atoms with van der Waals surface area (Å²) in [4.78, 5) is 24.7. The van der Waals surface area contributed by atoms with E-state index in [2.05, 4.69) is 5.32 Å². The van der Waals surface area contributed by atoms with Crippen molar-refractivity contribution in [3.05, 3.63) is 29.3 Å². The summed E-state index contributed by atoms with van der Waals surface area (Å²) >= 11 is 0. The van der Waals surface area contributed by atoms with Crippen molar-refractivity contribution in [3.8, 4) is 0 Å². The molecular formula is C17H23N3O5S. The van der Waals surface area contributed by atoms with Crippen LogP contribution in [0.3, 0.4) is 0 Å². The number of hydrogen-bond donors (Lipinski definition) is 1. The van der Waals surface area contributed by atoms with Crippen molar-refractivity contribution in [1.29, 1.82) is 0 Å². The minimum Gasteiger partial charge on any atom is -0.442 e. The van der Waals surface area contributed by atoms with Crippen molar-refractivity contribution in [2.75, 3.05) is 37.3 Å². The lowest BCUT2D eigenvalue weighted by Crippen LogP contribution is -2.33. The van der Waals surface area contributed by atoms with Gasteiger partial charge in [-0.2, -0.15) is 0 Å². The lowest BCUT2D eigenvalue weighted by atomic mass is 10.0. The van der Waals surface area contributed by atoms with E-state index in [-0.39, 0.29) is 18.6 Å². The molecule has 2 amide bonds. The highest BCUT2D eigenvalue weighted by atomic mass is 32.2. The van der Waals surface area contributed by atoms with Crippen LogP contribution in [0.4, 0.5) is 10.5 Å². The van der Waals surface area contributed by atoms with Gasteiger partial charge in [-0.1, -0.05) is 6.07 Å². The fraction of sp³-hybridized carbons (Fsp3) is 0.529. The molecule has 1 N–H and O–H groups in total. The first-order valence-corrected chi connectivity index (χ1v) is 10.4. The molecule has 1 atom stereocenters. The van der Waals surface area contributed by atoms with Gasteiger partial charge in [-0.25, -0.2) is 17.5 Å². The molecule has 2 heterocycles. The molecule has 0 bridgehead atoms. The number of ether oxygens (including phenoxy) is 1. The summed E-state index contributed by atoms with van der Waals surface area (Å²) in [7, 11) is -3.21. The molecule has 0 saturated carbocycles. The minimum absolute atomic E-state index is 0.167. The number of nitrogens with one attached hydrogen (secondary N) is 1. The third-order valence-electron chi connectivity index (χ3n) is 4.68. The number of nitrogens with zero attached hydrogens (tertiary/aromatic N) is 2. The molecule has 0 spiro atoms. The van der Waals surface area contributed by atoms with Gasteiger partial charge in [-0.15, -0.1) is 0 Å². The van der Waals surface area contributed by atoms with Gasteiger partial charge in [0.05, 0.1) is 19.3 Å². The number of fused-ring (bicyclic) bond motifs is 1. The third kappa shape index (κ3) is 4.16. The van der Waals surface area contributed by atoms with Crippen molar-refractivity contribution < 1.29 is 22.7 Å². The fourth-order valence-electron chi connectivity index (χ4n) is 3.29. The first-order chi connectivity index (χ1) is 12.2. The van der Waals surface area contributed by atoms with Crippen LogP contribution in [0.25, 0.3) is 0 Å². The molecule has 1 aromatic carbocycles. The molecule has 8 nitrogen and oxygen atoms in total. The Morgan fingerprint density at radius 1 is 1.27 bits per heavy atom. The Kier molecular flexibility index (Phi) is 5.19. The number of carbonyl (C=O) groups is 2. The summed E-state index contributed by atoms with van der Waals surface area (Å²) < 4.78 is 30.3. The van der Waals surface area contributed by atoms with Crippen LogP contribution in [0.1, 0.15) is 18.1 Å². The highest BCUT2D eigenvalue weighted by Crippen LogP contribution is 2.27. The number of cyclic esters (lactones) is 1. The molecule has 9 heteroatoms. The summed E-state index contributed by atoms with van der Waals surface area (Å²) in [5.41, 5.74) is 2.88. The number of anilines is 1. The van der Waals surface area contributed by atoms with E-state index < -0.39 is 16.1 Å². The molecule has 2 aliphatic rings. The highest BCUT2D eigenvalue weighted by molar-refractivity contribution is 7.88. The lowest BCUT2D eigenvalue weighted by Gasteiger charge is -2.16. The second-order valence-corrected chi connectivity index (χ2v) is 8.65. The highest BCUT2D eigenvalue weighted by Gasteiger charge is 2.33. The Balaban J connectivity index is 1.73. The number of sulfonamides is 1. The topological polar surface area (TPSA) is 96.0 Å². The Morgan fingerprint density at radius 3 is 2.62 bits per heavy atom. The van der Waals surface area contributed by atoms with Crippen molar-refractivity contribution in [1.82, 2.24) is 9.62 Å². The zero-order valence-electron chi connectivity index (χ0n) is 14.9. The number of hydrogen-bond acceptors (Lipinski definition) is 5. The van der Waals surface area contributed by atoms with Crippen molar-refractivity contribution >= 4 is 27.7 Å². The van der Waals surface area contributed by atoms with Gasteiger partial charge in [0.15, 0.2) is 0 Å². The van der Waals surface area contributed by atoms with Crippen LogP contribution in [0.2, 0.25) is 0 Å². The van der Waals surface area contributed by atoms with Crippen molar-refractivity contribution in [3.63, 3.8) is 0 Å². The Bertz CT molecular complexity index is 824. The smallest absolute Gasteiger partial charge is 0.414 e. The van der Waals surface area contributed by atoms with E-state index in [1.165, 1.54) is 17.5 Å². The lowest BCUT2D eigenvalue weighted by molar-refractivity contribution is -0.119. The first kappa shape index (κ1) is 18.7. The van der Waals surface area contributed by atoms with Crippen LogP contribution in [-0.4, -0.2) is 63.3 Å². The van der Waals surface area contributed by atoms with E-state index in [1.807, 2.05) is 18.2 Å². The molecule has 1 aromatic rings. The number of rotatable bonds is 4. The number of carbonyl (C=O) groups excluding carboxylic acids is 2. The van der Waals surface area contributed by atoms with Crippen LogP contribution in [0.5, 0.6) is 0 Å². The molecule has 0 radical (unpaired) electrons. The van der Waals surface area contributed by atoms with E-state index in [9.17, 15) is 18.0 Å². The van der Waals surface area contributed by atoms with E-state index in [0.717, 1.165) is 16.8 Å². The van der Waals surface area contributed by atoms with E-state index in [4.69, 9.17) is 4.74 Å². The van der Waals surface area contributed by atoms with Gasteiger partial charge >= 0.3 is 6.09 Å². The molecule has 142 valence electrons. The average Bonchev–Trinajstić information content (AvgIpc) is 2.79. The number of benzene rings is 1. The third-order valence-corrected chi connectivity index (χ3v) is 5.99. The van der Waals surface area contributed by atoms with Gasteiger partial charge < -0.3 is 10.1 Å². The van der Waals surface area contributed by atoms with E-state index in [1.54, 1.807) is 4.90 Å². The SMILES string of the molecule is CC(=O)NCC1CN(c2ccc3c(c2)CCN(S(C)(=O)=O)CC3)C(=O)O1. The monoisotopic (exact) mass is 381 g/mol. The zero-order valence-corrected chi connectivity index (χ0v) is 15.7. The van der Waals surface area contributed by atoms with Gasteiger partial charge in [0, 0.05) is 25.7 Å². The minimum atomic E-state index is -3.21. The Hall–Kier alpha value is -2.13. The maximum Gasteiger partial charge on any atom is 0.414 e. The maximum absolute atomic E-state index is 12.2. The molecule has 1 unspecified atom stereocenters. The second kappa shape index (κ2) is 7.24. The van der Waals surface area contributed by atoms with Gasteiger partial charge in [-0.3, -0.25) is 9.69 Å². The Labute approximate surface area is 153 Å². The summed E-state index contributed by atoms with van der Waals surface area (Å²) in [6.07, 6.45) is 1.66. The average molecular weight is 381 g/mol. The standard InChI is InChI=1S/C17H23N3O5S/c1-12(21)18-10-16-11-20(17(22)25-16)15-4-3-13-5-7-19(26(2,23)24)8-6-14(13)9-15/h3-4,9,16H,5-8,10-11H2,1-2H3,(H,18,21). The Morgan fingerprint density at radius 2 is 1.96 bits per heavy atom. The number of amides is 2. The van der Waals surface area contributed by atoms with Crippen molar-refractivity contribution in [2.45, 2.75) is 25.9 Å². The molecule has 0 aromatic heterocycles. The van der Waals surface area contributed by atoms with Crippen LogP contribution in [-0.2, 0) is 32.4 Å². The van der Waals surface area contributed by atoms with Gasteiger partial charge in [-0.05, 0) is 36.1 Å². The normalized spacial score (nSPS) is 21.1. The van der Waals surface area contributed by atoms with E-state index in [0.29, 0.717) is 32.5 Å². The van der Waals surface area contributed by atoms with Crippen LogP contribution in [0, 0.1) is 0 Å². The first-order valence-electron chi connectivity index (χ1n) is 8.53. The fourth-order valence-corrected chi connectivity index (χ4v) is 4.13. The van der Waals surface area contributed by atoms with Crippen LogP contribution >= 0.6 is 0 Å². The summed E-state index contributed by atoms with van der Waals surface area (Å²) in [6.45, 7) is 2.97. The molecule has 1 fully saturated rings. The summed E-state index contributed by atoms with van der Waals surface area (Å²) in [5, 5.41) is 2.65. The second-order valence-electron chi connectivity index (χ2n) is 6.67. The predicted molar refractivity (Wildman–Crippen MR) is 96.6 cm³/mol. The molecular weight excluding hydrogens is 358 g/mol. The molecule has 0 aliphatic carbocycles. The molecule has 1 saturated heterocycles. The maximum atomic E-state index is 12.2. The van der Waals surface area contributed by atoms with Gasteiger partial charge in [0.2, 0.25) is 15.9 Å². The van der Waals surface area contributed by atoms with Crippen LogP contribution in [0.15, 0.2) is 18.2 Å². The summed E-state index contributed by atoms with van der Waals surface area (Å²) in [5.74, 6) is -0.167. The largest absolute Gasteiger partial charge is 0.442 e. The van der Waals surface area contributed by atoms with Crippen molar-refractivity contribution in [2.24, 2.45) is 0 Å².